The summed E-state index contributed by atoms with van der Waals surface area (Å²) >= 11 is 0. The second-order valence-corrected chi connectivity index (χ2v) is 7.54. The molecule has 0 radical (unpaired) electrons. The Kier molecular flexibility index (Phi) is 6.62. The largest absolute Gasteiger partial charge is 0.504 e. The molecule has 0 bridgehead atoms. The summed E-state index contributed by atoms with van der Waals surface area (Å²) in [4.78, 5) is 24.5. The fourth-order valence-corrected chi connectivity index (χ4v) is 2.60. The van der Waals surface area contributed by atoms with E-state index in [9.17, 15) is 14.7 Å². The Bertz CT molecular complexity index is 873. The molecule has 0 aliphatic heterocycles. The van der Waals surface area contributed by atoms with Crippen LogP contribution in [-0.4, -0.2) is 30.1 Å². The van der Waals surface area contributed by atoms with Gasteiger partial charge in [0.2, 0.25) is 5.78 Å². The van der Waals surface area contributed by atoms with E-state index in [0.29, 0.717) is 16.9 Å². The maximum atomic E-state index is 12.5. The molecule has 0 fully saturated rings. The zero-order valence-electron chi connectivity index (χ0n) is 16.9. The van der Waals surface area contributed by atoms with Crippen LogP contribution in [0.15, 0.2) is 48.5 Å². The van der Waals surface area contributed by atoms with Crippen LogP contribution < -0.4 is 4.74 Å². The molecule has 2 aromatic carbocycles. The van der Waals surface area contributed by atoms with Gasteiger partial charge < -0.3 is 14.6 Å². The van der Waals surface area contributed by atoms with Crippen molar-refractivity contribution >= 4 is 17.8 Å². The lowest BCUT2D eigenvalue weighted by molar-refractivity contribution is -0.140. The Morgan fingerprint density at radius 2 is 1.71 bits per heavy atom. The molecule has 0 saturated heterocycles. The van der Waals surface area contributed by atoms with Crippen molar-refractivity contribution in [3.8, 4) is 11.5 Å². The first-order valence-electron chi connectivity index (χ1n) is 9.02. The number of phenolic OH excluding ortho intramolecular Hbond substituents is 1. The summed E-state index contributed by atoms with van der Waals surface area (Å²) in [5.74, 6) is -0.565. The van der Waals surface area contributed by atoms with Gasteiger partial charge in [-0.25, -0.2) is 4.79 Å². The number of aromatic hydroxyl groups is 1. The first kappa shape index (κ1) is 21.2. The zero-order valence-corrected chi connectivity index (χ0v) is 16.9. The van der Waals surface area contributed by atoms with Gasteiger partial charge in [0.1, 0.15) is 0 Å². The number of hydrogen-bond acceptors (Lipinski definition) is 5. The van der Waals surface area contributed by atoms with E-state index in [1.54, 1.807) is 31.2 Å². The average Bonchev–Trinajstić information content (AvgIpc) is 2.66. The van der Waals surface area contributed by atoms with E-state index in [-0.39, 0.29) is 16.9 Å². The number of ether oxygens (including phenoxy) is 2. The predicted molar refractivity (Wildman–Crippen MR) is 109 cm³/mol. The van der Waals surface area contributed by atoms with Gasteiger partial charge in [0.15, 0.2) is 17.6 Å². The summed E-state index contributed by atoms with van der Waals surface area (Å²) in [5.41, 5.74) is 2.28. The first-order chi connectivity index (χ1) is 13.1. The highest BCUT2D eigenvalue weighted by atomic mass is 16.5. The van der Waals surface area contributed by atoms with E-state index in [2.05, 4.69) is 20.8 Å². The third-order valence-corrected chi connectivity index (χ3v) is 4.31. The van der Waals surface area contributed by atoms with Gasteiger partial charge >= 0.3 is 5.97 Å². The summed E-state index contributed by atoms with van der Waals surface area (Å²) in [7, 11) is 1.44. The number of phenols is 1. The van der Waals surface area contributed by atoms with Gasteiger partial charge in [-0.3, -0.25) is 4.79 Å². The number of benzene rings is 2. The molecule has 1 atom stereocenters. The quantitative estimate of drug-likeness (QED) is 0.452. The fraction of sp³-hybridized carbons (Fsp3) is 0.304. The van der Waals surface area contributed by atoms with Gasteiger partial charge in [0.25, 0.3) is 0 Å². The molecule has 5 nitrogen and oxygen atoms in total. The van der Waals surface area contributed by atoms with Gasteiger partial charge in [-0.15, -0.1) is 0 Å². The second-order valence-electron chi connectivity index (χ2n) is 7.54. The lowest BCUT2D eigenvalue weighted by Gasteiger charge is -2.19. The number of esters is 1. The van der Waals surface area contributed by atoms with Crippen molar-refractivity contribution < 1.29 is 24.2 Å². The van der Waals surface area contributed by atoms with Crippen LogP contribution in [0.3, 0.4) is 0 Å². The minimum atomic E-state index is -0.896. The molecule has 0 amide bonds. The summed E-state index contributed by atoms with van der Waals surface area (Å²) in [6.07, 6.45) is 1.87. The molecule has 28 heavy (non-hydrogen) atoms. The Labute approximate surface area is 165 Å². The first-order valence-corrected chi connectivity index (χ1v) is 9.02. The normalized spacial score (nSPS) is 12.6. The van der Waals surface area contributed by atoms with Crippen LogP contribution in [0.1, 0.15) is 49.2 Å². The minimum Gasteiger partial charge on any atom is -0.504 e. The predicted octanol–water partition coefficient (Wildman–Crippen LogP) is 4.53. The van der Waals surface area contributed by atoms with E-state index in [1.165, 1.54) is 25.3 Å². The van der Waals surface area contributed by atoms with Gasteiger partial charge in [-0.2, -0.15) is 0 Å². The van der Waals surface area contributed by atoms with E-state index in [0.717, 1.165) is 5.56 Å². The lowest BCUT2D eigenvalue weighted by atomic mass is 9.86. The van der Waals surface area contributed by atoms with Crippen LogP contribution in [0, 0.1) is 0 Å². The number of methoxy groups -OCH3 is 1. The number of hydrogen-bond donors (Lipinski definition) is 1. The van der Waals surface area contributed by atoms with Crippen molar-refractivity contribution in [3.05, 3.63) is 65.2 Å². The SMILES string of the molecule is COc1cc(/C=C/C(=O)O[C@H](C)C(=O)c2ccc(C(C)(C)C)cc2)ccc1O. The average molecular weight is 382 g/mol. The second kappa shape index (κ2) is 8.74. The summed E-state index contributed by atoms with van der Waals surface area (Å²) < 4.78 is 10.2. The highest BCUT2D eigenvalue weighted by Gasteiger charge is 2.20. The molecule has 1 N–H and O–H groups in total. The molecule has 2 rings (SSSR count). The van der Waals surface area contributed by atoms with E-state index in [1.807, 2.05) is 12.1 Å². The van der Waals surface area contributed by atoms with Gasteiger partial charge in [0, 0.05) is 11.6 Å². The van der Waals surface area contributed by atoms with Gasteiger partial charge in [0.05, 0.1) is 7.11 Å². The maximum absolute atomic E-state index is 12.5. The zero-order chi connectivity index (χ0) is 20.9. The van der Waals surface area contributed by atoms with Crippen LogP contribution in [0.4, 0.5) is 0 Å². The number of Topliss-reactive ketones (excluding diaryl/α,β-unsaturated/α-hetero) is 1. The molecule has 0 unspecified atom stereocenters. The monoisotopic (exact) mass is 382 g/mol. The standard InChI is InChI=1S/C23H26O5/c1-15(22(26)17-8-10-18(11-9-17)23(2,3)4)28-21(25)13-7-16-6-12-19(24)20(14-16)27-5/h6-15,24H,1-5H3/b13-7+/t15-/m1/s1. The molecular weight excluding hydrogens is 356 g/mol. The number of ketones is 1. The minimum absolute atomic E-state index is 0.00135. The van der Waals surface area contributed by atoms with Crippen LogP contribution >= 0.6 is 0 Å². The molecule has 0 spiro atoms. The molecule has 0 heterocycles. The molecule has 0 aliphatic carbocycles. The highest BCUT2D eigenvalue weighted by Crippen LogP contribution is 2.26. The number of rotatable bonds is 6. The Hall–Kier alpha value is -3.08. The van der Waals surface area contributed by atoms with Crippen LogP contribution in [0.5, 0.6) is 11.5 Å². The van der Waals surface area contributed by atoms with E-state index >= 15 is 0 Å². The molecule has 0 aromatic heterocycles. The summed E-state index contributed by atoms with van der Waals surface area (Å²) in [6.45, 7) is 7.86. The third-order valence-electron chi connectivity index (χ3n) is 4.31. The van der Waals surface area contributed by atoms with Crippen molar-refractivity contribution in [2.24, 2.45) is 0 Å². The van der Waals surface area contributed by atoms with Crippen molar-refractivity contribution in [1.82, 2.24) is 0 Å². The molecule has 5 heteroatoms. The number of carbonyl (C=O) groups excluding carboxylic acids is 2. The van der Waals surface area contributed by atoms with Crippen molar-refractivity contribution in [2.75, 3.05) is 7.11 Å². The van der Waals surface area contributed by atoms with Crippen LogP contribution in [-0.2, 0) is 14.9 Å². The van der Waals surface area contributed by atoms with Gasteiger partial charge in [-0.1, -0.05) is 51.1 Å². The molecule has 148 valence electrons. The highest BCUT2D eigenvalue weighted by molar-refractivity contribution is 6.01. The maximum Gasteiger partial charge on any atom is 0.331 e. The van der Waals surface area contributed by atoms with Gasteiger partial charge in [-0.05, 0) is 41.7 Å². The third kappa shape index (κ3) is 5.46. The fourth-order valence-electron chi connectivity index (χ4n) is 2.60. The Morgan fingerprint density at radius 1 is 1.07 bits per heavy atom. The topological polar surface area (TPSA) is 72.8 Å². The summed E-state index contributed by atoms with van der Waals surface area (Å²) in [6, 6.07) is 12.0. The summed E-state index contributed by atoms with van der Waals surface area (Å²) in [5, 5.41) is 9.58. The Balaban J connectivity index is 2.00. The van der Waals surface area contributed by atoms with Crippen molar-refractivity contribution in [2.45, 2.75) is 39.2 Å². The van der Waals surface area contributed by atoms with Crippen LogP contribution in [0.2, 0.25) is 0 Å². The molecular formula is C23H26O5. The Morgan fingerprint density at radius 3 is 2.29 bits per heavy atom. The van der Waals surface area contributed by atoms with Crippen molar-refractivity contribution in [3.63, 3.8) is 0 Å². The van der Waals surface area contributed by atoms with Crippen LogP contribution in [0.25, 0.3) is 6.08 Å². The lowest BCUT2D eigenvalue weighted by Crippen LogP contribution is -2.23. The van der Waals surface area contributed by atoms with Crippen molar-refractivity contribution in [1.29, 1.82) is 0 Å². The number of carbonyl (C=O) groups is 2. The molecule has 0 aliphatic rings. The van der Waals surface area contributed by atoms with E-state index in [4.69, 9.17) is 9.47 Å². The molecule has 0 saturated carbocycles. The molecule has 2 aromatic rings. The van der Waals surface area contributed by atoms with E-state index < -0.39 is 12.1 Å². The smallest absolute Gasteiger partial charge is 0.331 e.